The number of aromatic amines is 1. The standard InChI is InChI=1S/C10H9FN4O/c1-6-8(5-13-15-6)10(16)14-7-2-3-9(11)12-4-7/h2-5H,1H3,(H,13,15)(H,14,16). The summed E-state index contributed by atoms with van der Waals surface area (Å²) in [6, 6.07) is 2.62. The van der Waals surface area contributed by atoms with Crippen LogP contribution in [0.3, 0.4) is 0 Å². The highest BCUT2D eigenvalue weighted by molar-refractivity contribution is 6.04. The van der Waals surface area contributed by atoms with Crippen LogP contribution in [-0.2, 0) is 0 Å². The molecule has 16 heavy (non-hydrogen) atoms. The molecular weight excluding hydrogens is 211 g/mol. The van der Waals surface area contributed by atoms with Crippen molar-refractivity contribution in [1.82, 2.24) is 15.2 Å². The Bertz CT molecular complexity index is 506. The Balaban J connectivity index is 2.14. The fraction of sp³-hybridized carbons (Fsp3) is 0.100. The predicted octanol–water partition coefficient (Wildman–Crippen LogP) is 1.50. The number of rotatable bonds is 2. The van der Waals surface area contributed by atoms with Crippen molar-refractivity contribution in [3.8, 4) is 0 Å². The van der Waals surface area contributed by atoms with Crippen molar-refractivity contribution in [1.29, 1.82) is 0 Å². The highest BCUT2D eigenvalue weighted by Gasteiger charge is 2.10. The van der Waals surface area contributed by atoms with Gasteiger partial charge in [-0.3, -0.25) is 9.89 Å². The molecule has 1 amide bonds. The molecule has 82 valence electrons. The van der Waals surface area contributed by atoms with Gasteiger partial charge in [0, 0.05) is 5.69 Å². The minimum atomic E-state index is -0.586. The number of nitrogens with one attached hydrogen (secondary N) is 2. The van der Waals surface area contributed by atoms with Crippen LogP contribution in [-0.4, -0.2) is 21.1 Å². The zero-order valence-electron chi connectivity index (χ0n) is 8.49. The van der Waals surface area contributed by atoms with E-state index in [1.807, 2.05) is 0 Å². The average Bonchev–Trinajstić information content (AvgIpc) is 2.68. The van der Waals surface area contributed by atoms with Crippen molar-refractivity contribution in [2.75, 3.05) is 5.32 Å². The van der Waals surface area contributed by atoms with Crippen LogP contribution in [0, 0.1) is 12.9 Å². The van der Waals surface area contributed by atoms with E-state index in [1.165, 1.54) is 24.5 Å². The third-order valence-corrected chi connectivity index (χ3v) is 2.06. The lowest BCUT2D eigenvalue weighted by Gasteiger charge is -2.03. The Morgan fingerprint density at radius 3 is 2.81 bits per heavy atom. The fourth-order valence-electron chi connectivity index (χ4n) is 1.23. The van der Waals surface area contributed by atoms with Crippen molar-refractivity contribution in [3.63, 3.8) is 0 Å². The lowest BCUT2D eigenvalue weighted by Crippen LogP contribution is -2.12. The van der Waals surface area contributed by atoms with Crippen molar-refractivity contribution in [2.24, 2.45) is 0 Å². The number of nitrogens with zero attached hydrogens (tertiary/aromatic N) is 2. The third kappa shape index (κ3) is 2.05. The minimum absolute atomic E-state index is 0.306. The predicted molar refractivity (Wildman–Crippen MR) is 55.5 cm³/mol. The van der Waals surface area contributed by atoms with Crippen LogP contribution in [0.4, 0.5) is 10.1 Å². The van der Waals surface area contributed by atoms with Crippen LogP contribution >= 0.6 is 0 Å². The summed E-state index contributed by atoms with van der Waals surface area (Å²) in [5, 5.41) is 8.98. The number of carbonyl (C=O) groups excluding carboxylic acids is 1. The monoisotopic (exact) mass is 220 g/mol. The Labute approximate surface area is 90.7 Å². The number of amides is 1. The van der Waals surface area contributed by atoms with Gasteiger partial charge in [-0.2, -0.15) is 9.49 Å². The maximum absolute atomic E-state index is 12.5. The zero-order valence-corrected chi connectivity index (χ0v) is 8.49. The first kappa shape index (κ1) is 10.3. The highest BCUT2D eigenvalue weighted by atomic mass is 19.1. The lowest BCUT2D eigenvalue weighted by molar-refractivity contribution is 0.102. The van der Waals surface area contributed by atoms with Gasteiger partial charge in [0.05, 0.1) is 23.6 Å². The number of H-pyrrole nitrogens is 1. The van der Waals surface area contributed by atoms with E-state index in [9.17, 15) is 9.18 Å². The van der Waals surface area contributed by atoms with Gasteiger partial charge in [-0.05, 0) is 19.1 Å². The summed E-state index contributed by atoms with van der Waals surface area (Å²) < 4.78 is 12.5. The second-order valence-electron chi connectivity index (χ2n) is 3.23. The smallest absolute Gasteiger partial charge is 0.259 e. The number of hydrogen-bond donors (Lipinski definition) is 2. The van der Waals surface area contributed by atoms with Gasteiger partial charge in [-0.15, -0.1) is 0 Å². The van der Waals surface area contributed by atoms with E-state index in [0.29, 0.717) is 16.9 Å². The molecule has 6 heteroatoms. The molecule has 5 nitrogen and oxygen atoms in total. The maximum Gasteiger partial charge on any atom is 0.259 e. The van der Waals surface area contributed by atoms with Gasteiger partial charge in [-0.1, -0.05) is 0 Å². The zero-order chi connectivity index (χ0) is 11.5. The molecule has 0 saturated carbocycles. The number of pyridine rings is 1. The Hall–Kier alpha value is -2.24. The first-order chi connectivity index (χ1) is 7.66. The normalized spacial score (nSPS) is 10.1. The van der Waals surface area contributed by atoms with Crippen LogP contribution < -0.4 is 5.32 Å². The van der Waals surface area contributed by atoms with E-state index in [2.05, 4.69) is 20.5 Å². The summed E-state index contributed by atoms with van der Waals surface area (Å²) in [7, 11) is 0. The molecule has 0 aliphatic rings. The van der Waals surface area contributed by atoms with Crippen molar-refractivity contribution in [3.05, 3.63) is 41.7 Å². The molecular formula is C10H9FN4O. The summed E-state index contributed by atoms with van der Waals surface area (Å²) in [6.07, 6.45) is 2.68. The van der Waals surface area contributed by atoms with E-state index < -0.39 is 5.95 Å². The number of anilines is 1. The quantitative estimate of drug-likeness (QED) is 0.753. The highest BCUT2D eigenvalue weighted by Crippen LogP contribution is 2.09. The van der Waals surface area contributed by atoms with Crippen molar-refractivity contribution >= 4 is 11.6 Å². The molecule has 2 heterocycles. The molecule has 0 aliphatic heterocycles. The van der Waals surface area contributed by atoms with Gasteiger partial charge in [-0.25, -0.2) is 4.98 Å². The minimum Gasteiger partial charge on any atom is -0.320 e. The average molecular weight is 220 g/mol. The second kappa shape index (κ2) is 4.09. The summed E-state index contributed by atoms with van der Waals surface area (Å²) in [5.74, 6) is -0.892. The molecule has 0 atom stereocenters. The molecule has 2 aromatic heterocycles. The second-order valence-corrected chi connectivity index (χ2v) is 3.23. The van der Waals surface area contributed by atoms with E-state index >= 15 is 0 Å². The Morgan fingerprint density at radius 2 is 2.25 bits per heavy atom. The molecule has 0 radical (unpaired) electrons. The van der Waals surface area contributed by atoms with E-state index in [1.54, 1.807) is 6.92 Å². The van der Waals surface area contributed by atoms with Crippen molar-refractivity contribution < 1.29 is 9.18 Å². The van der Waals surface area contributed by atoms with Crippen LogP contribution in [0.2, 0.25) is 0 Å². The lowest BCUT2D eigenvalue weighted by atomic mass is 10.2. The molecule has 0 aromatic carbocycles. The third-order valence-electron chi connectivity index (χ3n) is 2.06. The van der Waals surface area contributed by atoms with Crippen molar-refractivity contribution in [2.45, 2.75) is 6.92 Å². The molecule has 0 bridgehead atoms. The molecule has 2 aromatic rings. The molecule has 0 saturated heterocycles. The van der Waals surface area contributed by atoms with E-state index in [0.717, 1.165) is 0 Å². The van der Waals surface area contributed by atoms with Crippen LogP contribution in [0.15, 0.2) is 24.5 Å². The summed E-state index contributed by atoms with van der Waals surface area (Å²) in [5.41, 5.74) is 1.56. The summed E-state index contributed by atoms with van der Waals surface area (Å²) in [6.45, 7) is 1.74. The van der Waals surface area contributed by atoms with Gasteiger partial charge in [0.2, 0.25) is 5.95 Å². The first-order valence-corrected chi connectivity index (χ1v) is 4.59. The molecule has 2 N–H and O–H groups in total. The molecule has 2 rings (SSSR count). The molecule has 0 spiro atoms. The number of aromatic nitrogens is 3. The number of hydrogen-bond acceptors (Lipinski definition) is 3. The SMILES string of the molecule is Cc1[nH]ncc1C(=O)Nc1ccc(F)nc1. The number of carbonyl (C=O) groups is 1. The molecule has 0 fully saturated rings. The van der Waals surface area contributed by atoms with Gasteiger partial charge >= 0.3 is 0 Å². The van der Waals surface area contributed by atoms with E-state index in [4.69, 9.17) is 0 Å². The first-order valence-electron chi connectivity index (χ1n) is 4.59. The largest absolute Gasteiger partial charge is 0.320 e. The molecule has 0 unspecified atom stereocenters. The number of aryl methyl sites for hydroxylation is 1. The van der Waals surface area contributed by atoms with Gasteiger partial charge in [0.25, 0.3) is 5.91 Å². The Kier molecular flexibility index (Phi) is 2.63. The topological polar surface area (TPSA) is 70.7 Å². The maximum atomic E-state index is 12.5. The van der Waals surface area contributed by atoms with E-state index in [-0.39, 0.29) is 5.91 Å². The number of halogens is 1. The fourth-order valence-corrected chi connectivity index (χ4v) is 1.23. The van der Waals surface area contributed by atoms with Crippen LogP contribution in [0.5, 0.6) is 0 Å². The van der Waals surface area contributed by atoms with Gasteiger partial charge in [0.1, 0.15) is 0 Å². The summed E-state index contributed by atoms with van der Waals surface area (Å²) >= 11 is 0. The summed E-state index contributed by atoms with van der Waals surface area (Å²) in [4.78, 5) is 15.1. The van der Waals surface area contributed by atoms with Crippen LogP contribution in [0.1, 0.15) is 16.1 Å². The van der Waals surface area contributed by atoms with Gasteiger partial charge in [0.15, 0.2) is 0 Å². The Morgan fingerprint density at radius 1 is 1.44 bits per heavy atom. The van der Waals surface area contributed by atoms with Crippen LogP contribution in [0.25, 0.3) is 0 Å². The van der Waals surface area contributed by atoms with Gasteiger partial charge < -0.3 is 5.32 Å². The molecule has 0 aliphatic carbocycles.